The van der Waals surface area contributed by atoms with Gasteiger partial charge in [0.25, 0.3) is 0 Å². The maximum absolute atomic E-state index is 13.9. The zero-order valence-electron chi connectivity index (χ0n) is 11.4. The molecule has 4 heteroatoms. The summed E-state index contributed by atoms with van der Waals surface area (Å²) in [6, 6.07) is 8.32. The van der Waals surface area contributed by atoms with Crippen LogP contribution in [0.3, 0.4) is 0 Å². The standard InChI is InChI=1S/C16H16F3N/c1-3-20-10(2)12-6-4-5-7-13(12)16-14(18)8-11(17)9-15(16)19/h4-10,20H,3H2,1-2H3. The maximum atomic E-state index is 13.9. The van der Waals surface area contributed by atoms with Gasteiger partial charge in [0, 0.05) is 18.2 Å². The van der Waals surface area contributed by atoms with Crippen LogP contribution in [-0.4, -0.2) is 6.54 Å². The average molecular weight is 279 g/mol. The molecule has 106 valence electrons. The minimum absolute atomic E-state index is 0.0555. The van der Waals surface area contributed by atoms with E-state index >= 15 is 0 Å². The second kappa shape index (κ2) is 6.09. The fraction of sp³-hybridized carbons (Fsp3) is 0.250. The molecule has 0 aliphatic rings. The summed E-state index contributed by atoms with van der Waals surface area (Å²) in [5.74, 6) is -2.70. The third kappa shape index (κ3) is 2.85. The van der Waals surface area contributed by atoms with E-state index in [4.69, 9.17) is 0 Å². The van der Waals surface area contributed by atoms with Gasteiger partial charge in [-0.15, -0.1) is 0 Å². The van der Waals surface area contributed by atoms with E-state index in [1.54, 1.807) is 12.1 Å². The van der Waals surface area contributed by atoms with Crippen LogP contribution in [0.4, 0.5) is 13.2 Å². The van der Waals surface area contributed by atoms with Crippen LogP contribution in [0.1, 0.15) is 25.5 Å². The molecule has 1 N–H and O–H groups in total. The molecule has 0 radical (unpaired) electrons. The predicted octanol–water partition coefficient (Wildman–Crippen LogP) is 4.44. The molecule has 0 aromatic heterocycles. The zero-order chi connectivity index (χ0) is 14.7. The summed E-state index contributed by atoms with van der Waals surface area (Å²) in [4.78, 5) is 0. The first-order valence-corrected chi connectivity index (χ1v) is 6.51. The zero-order valence-corrected chi connectivity index (χ0v) is 11.4. The molecule has 2 rings (SSSR count). The van der Waals surface area contributed by atoms with E-state index in [-0.39, 0.29) is 11.6 Å². The summed E-state index contributed by atoms with van der Waals surface area (Å²) in [6.45, 7) is 4.61. The quantitative estimate of drug-likeness (QED) is 0.872. The van der Waals surface area contributed by atoms with Gasteiger partial charge in [-0.05, 0) is 24.6 Å². The summed E-state index contributed by atoms with van der Waals surface area (Å²) in [7, 11) is 0. The molecule has 1 nitrogen and oxygen atoms in total. The summed E-state index contributed by atoms with van der Waals surface area (Å²) in [5, 5.41) is 3.20. The number of hydrogen-bond acceptors (Lipinski definition) is 1. The van der Waals surface area contributed by atoms with E-state index in [2.05, 4.69) is 5.32 Å². The van der Waals surface area contributed by atoms with Crippen molar-refractivity contribution in [3.8, 4) is 11.1 Å². The Morgan fingerprint density at radius 2 is 1.65 bits per heavy atom. The van der Waals surface area contributed by atoms with Crippen molar-refractivity contribution >= 4 is 0 Å². The van der Waals surface area contributed by atoms with Crippen LogP contribution >= 0.6 is 0 Å². The Kier molecular flexibility index (Phi) is 4.45. The highest BCUT2D eigenvalue weighted by molar-refractivity contribution is 5.69. The van der Waals surface area contributed by atoms with Gasteiger partial charge in [-0.3, -0.25) is 0 Å². The number of nitrogens with one attached hydrogen (secondary N) is 1. The molecular formula is C16H16F3N. The molecule has 2 aromatic carbocycles. The van der Waals surface area contributed by atoms with Gasteiger partial charge in [-0.1, -0.05) is 31.2 Å². The molecule has 0 saturated carbocycles. The minimum atomic E-state index is -0.916. The first-order valence-electron chi connectivity index (χ1n) is 6.51. The lowest BCUT2D eigenvalue weighted by atomic mass is 9.94. The first-order chi connectivity index (χ1) is 9.54. The Balaban J connectivity index is 2.59. The molecule has 0 heterocycles. The van der Waals surface area contributed by atoms with Crippen LogP contribution in [0.25, 0.3) is 11.1 Å². The fourth-order valence-corrected chi connectivity index (χ4v) is 2.32. The SMILES string of the molecule is CCNC(C)c1ccccc1-c1c(F)cc(F)cc1F. The molecule has 0 bridgehead atoms. The Morgan fingerprint density at radius 3 is 2.25 bits per heavy atom. The molecule has 20 heavy (non-hydrogen) atoms. The molecule has 2 aromatic rings. The van der Waals surface area contributed by atoms with E-state index in [0.717, 1.165) is 12.1 Å². The molecule has 0 amide bonds. The van der Waals surface area contributed by atoms with Gasteiger partial charge in [-0.2, -0.15) is 0 Å². The van der Waals surface area contributed by atoms with Crippen molar-refractivity contribution in [3.63, 3.8) is 0 Å². The predicted molar refractivity (Wildman–Crippen MR) is 73.8 cm³/mol. The smallest absolute Gasteiger partial charge is 0.136 e. The summed E-state index contributed by atoms with van der Waals surface area (Å²) >= 11 is 0. The Labute approximate surface area is 116 Å². The van der Waals surface area contributed by atoms with Crippen molar-refractivity contribution in [1.29, 1.82) is 0 Å². The van der Waals surface area contributed by atoms with Crippen molar-refractivity contribution in [1.82, 2.24) is 5.32 Å². The highest BCUT2D eigenvalue weighted by atomic mass is 19.1. The van der Waals surface area contributed by atoms with E-state index in [1.165, 1.54) is 0 Å². The van der Waals surface area contributed by atoms with Gasteiger partial charge >= 0.3 is 0 Å². The first kappa shape index (κ1) is 14.6. The maximum Gasteiger partial charge on any atom is 0.136 e. The van der Waals surface area contributed by atoms with E-state index in [0.29, 0.717) is 17.7 Å². The lowest BCUT2D eigenvalue weighted by Gasteiger charge is -2.18. The number of benzene rings is 2. The fourth-order valence-electron chi connectivity index (χ4n) is 2.32. The molecule has 0 saturated heterocycles. The lowest BCUT2D eigenvalue weighted by molar-refractivity contribution is 0.546. The van der Waals surface area contributed by atoms with Crippen molar-refractivity contribution in [2.24, 2.45) is 0 Å². The highest BCUT2D eigenvalue weighted by Crippen LogP contribution is 2.32. The van der Waals surface area contributed by atoms with E-state index < -0.39 is 17.5 Å². The Bertz CT molecular complexity index is 587. The summed E-state index contributed by atoms with van der Waals surface area (Å²) < 4.78 is 40.9. The Morgan fingerprint density at radius 1 is 1.05 bits per heavy atom. The molecule has 1 atom stereocenters. The van der Waals surface area contributed by atoms with Crippen molar-refractivity contribution in [3.05, 3.63) is 59.4 Å². The van der Waals surface area contributed by atoms with Crippen LogP contribution in [0.2, 0.25) is 0 Å². The van der Waals surface area contributed by atoms with Gasteiger partial charge < -0.3 is 5.32 Å². The molecule has 0 aliphatic heterocycles. The van der Waals surface area contributed by atoms with E-state index in [1.807, 2.05) is 26.0 Å². The van der Waals surface area contributed by atoms with Crippen LogP contribution in [0, 0.1) is 17.5 Å². The van der Waals surface area contributed by atoms with Crippen molar-refractivity contribution < 1.29 is 13.2 Å². The molecule has 0 fully saturated rings. The third-order valence-electron chi connectivity index (χ3n) is 3.21. The highest BCUT2D eigenvalue weighted by Gasteiger charge is 2.18. The van der Waals surface area contributed by atoms with E-state index in [9.17, 15) is 13.2 Å². The van der Waals surface area contributed by atoms with Crippen LogP contribution in [0.5, 0.6) is 0 Å². The van der Waals surface area contributed by atoms with Gasteiger partial charge in [0.2, 0.25) is 0 Å². The van der Waals surface area contributed by atoms with Gasteiger partial charge in [-0.25, -0.2) is 13.2 Å². The molecule has 0 spiro atoms. The van der Waals surface area contributed by atoms with Crippen molar-refractivity contribution in [2.75, 3.05) is 6.54 Å². The van der Waals surface area contributed by atoms with Crippen LogP contribution in [-0.2, 0) is 0 Å². The Hall–Kier alpha value is -1.81. The topological polar surface area (TPSA) is 12.0 Å². The minimum Gasteiger partial charge on any atom is -0.310 e. The van der Waals surface area contributed by atoms with Gasteiger partial charge in [0.1, 0.15) is 17.5 Å². The van der Waals surface area contributed by atoms with Gasteiger partial charge in [0.15, 0.2) is 0 Å². The normalized spacial score (nSPS) is 12.4. The second-order valence-electron chi connectivity index (χ2n) is 4.61. The van der Waals surface area contributed by atoms with Crippen LogP contribution < -0.4 is 5.32 Å². The second-order valence-corrected chi connectivity index (χ2v) is 4.61. The monoisotopic (exact) mass is 279 g/mol. The number of halogens is 3. The van der Waals surface area contributed by atoms with Crippen LogP contribution in [0.15, 0.2) is 36.4 Å². The lowest BCUT2D eigenvalue weighted by Crippen LogP contribution is -2.18. The molecule has 0 aliphatic carbocycles. The number of rotatable bonds is 4. The largest absolute Gasteiger partial charge is 0.310 e. The average Bonchev–Trinajstić information content (AvgIpc) is 2.38. The third-order valence-corrected chi connectivity index (χ3v) is 3.21. The molecule has 1 unspecified atom stereocenters. The molecular weight excluding hydrogens is 263 g/mol. The number of hydrogen-bond donors (Lipinski definition) is 1. The summed E-state index contributed by atoms with van der Waals surface area (Å²) in [6.07, 6.45) is 0. The summed E-state index contributed by atoms with van der Waals surface area (Å²) in [5.41, 5.74) is 1.03. The van der Waals surface area contributed by atoms with Gasteiger partial charge in [0.05, 0.1) is 5.56 Å². The van der Waals surface area contributed by atoms with Crippen molar-refractivity contribution in [2.45, 2.75) is 19.9 Å².